The molecule has 2 aromatic rings. The molecule has 6 heteroatoms. The van der Waals surface area contributed by atoms with Crippen LogP contribution in [0.2, 0.25) is 0 Å². The second-order valence-corrected chi connectivity index (χ2v) is 7.42. The maximum Gasteiger partial charge on any atom is 0.242 e. The number of nitrogens with two attached hydrogens (primary N) is 1. The third kappa shape index (κ3) is 4.23. The molecule has 0 bridgehead atoms. The molecule has 0 unspecified atom stereocenters. The fraction of sp³-hybridized carbons (Fsp3) is 0.200. The fourth-order valence-electron chi connectivity index (χ4n) is 1.98. The molecule has 0 aliphatic heterocycles. The van der Waals surface area contributed by atoms with Gasteiger partial charge in [-0.2, -0.15) is 0 Å². The van der Waals surface area contributed by atoms with Crippen LogP contribution in [0.1, 0.15) is 5.56 Å². The number of anilines is 1. The molecule has 0 amide bonds. The van der Waals surface area contributed by atoms with Crippen LogP contribution in [0, 0.1) is 6.92 Å². The minimum absolute atomic E-state index is 0.176. The van der Waals surface area contributed by atoms with E-state index < -0.39 is 10.0 Å². The molecule has 0 aliphatic rings. The Morgan fingerprint density at radius 3 is 2.48 bits per heavy atom. The van der Waals surface area contributed by atoms with Crippen LogP contribution in [-0.4, -0.2) is 20.7 Å². The molecule has 4 nitrogen and oxygen atoms in total. The molecular formula is C15H18N2O2S2. The number of rotatable bonds is 6. The van der Waals surface area contributed by atoms with Gasteiger partial charge in [0.25, 0.3) is 0 Å². The summed E-state index contributed by atoms with van der Waals surface area (Å²) in [5, 5.41) is 0. The number of hydrogen-bond acceptors (Lipinski definition) is 4. The van der Waals surface area contributed by atoms with E-state index in [1.54, 1.807) is 36.9 Å². The van der Waals surface area contributed by atoms with Crippen molar-refractivity contribution < 1.29 is 8.42 Å². The molecule has 0 radical (unpaired) electrons. The van der Waals surface area contributed by atoms with Crippen molar-refractivity contribution >= 4 is 27.5 Å². The van der Waals surface area contributed by atoms with Gasteiger partial charge in [-0.1, -0.05) is 30.3 Å². The van der Waals surface area contributed by atoms with Gasteiger partial charge < -0.3 is 5.73 Å². The molecule has 0 aliphatic carbocycles. The Bertz CT molecular complexity index is 681. The number of benzene rings is 2. The first-order valence-corrected chi connectivity index (χ1v) is 9.00. The Morgan fingerprint density at radius 2 is 1.81 bits per heavy atom. The zero-order valence-electron chi connectivity index (χ0n) is 11.7. The lowest BCUT2D eigenvalue weighted by molar-refractivity contribution is 0.584. The van der Waals surface area contributed by atoms with Crippen molar-refractivity contribution in [2.75, 3.05) is 18.0 Å². The topological polar surface area (TPSA) is 72.2 Å². The summed E-state index contributed by atoms with van der Waals surface area (Å²) in [4.78, 5) is 1.29. The van der Waals surface area contributed by atoms with Gasteiger partial charge in [0.1, 0.15) is 4.90 Å². The van der Waals surface area contributed by atoms with Gasteiger partial charge in [0.2, 0.25) is 10.0 Å². The quantitative estimate of drug-likeness (QED) is 0.487. The van der Waals surface area contributed by atoms with E-state index in [1.807, 2.05) is 30.3 Å². The number of sulfonamides is 1. The van der Waals surface area contributed by atoms with E-state index in [9.17, 15) is 8.42 Å². The highest BCUT2D eigenvalue weighted by molar-refractivity contribution is 7.99. The Morgan fingerprint density at radius 1 is 1.10 bits per heavy atom. The summed E-state index contributed by atoms with van der Waals surface area (Å²) >= 11 is 1.61. The predicted octanol–water partition coefficient (Wildman–Crippen LogP) is 2.65. The van der Waals surface area contributed by atoms with Crippen molar-refractivity contribution in [2.24, 2.45) is 0 Å². The number of nitrogens with one attached hydrogen (secondary N) is 1. The van der Waals surface area contributed by atoms with Crippen molar-refractivity contribution in [3.05, 3.63) is 54.1 Å². The average molecular weight is 322 g/mol. The molecule has 112 valence electrons. The normalized spacial score (nSPS) is 11.5. The third-order valence-electron chi connectivity index (χ3n) is 2.92. The molecule has 0 spiro atoms. The van der Waals surface area contributed by atoms with Crippen molar-refractivity contribution in [1.82, 2.24) is 4.72 Å². The van der Waals surface area contributed by atoms with Gasteiger partial charge in [-0.25, -0.2) is 13.1 Å². The monoisotopic (exact) mass is 322 g/mol. The average Bonchev–Trinajstić information content (AvgIpc) is 2.44. The number of thioether (sulfide) groups is 1. The van der Waals surface area contributed by atoms with Crippen molar-refractivity contribution in [3.63, 3.8) is 0 Å². The van der Waals surface area contributed by atoms with Crippen LogP contribution in [0.15, 0.2) is 58.3 Å². The lowest BCUT2D eigenvalue weighted by Gasteiger charge is -2.11. The van der Waals surface area contributed by atoms with E-state index in [2.05, 4.69) is 4.72 Å². The molecule has 0 heterocycles. The van der Waals surface area contributed by atoms with Crippen LogP contribution < -0.4 is 10.5 Å². The molecule has 0 atom stereocenters. The zero-order valence-corrected chi connectivity index (χ0v) is 13.4. The third-order valence-corrected chi connectivity index (χ3v) is 5.61. The predicted molar refractivity (Wildman–Crippen MR) is 87.9 cm³/mol. The molecule has 0 aromatic heterocycles. The van der Waals surface area contributed by atoms with Crippen molar-refractivity contribution in [1.29, 1.82) is 0 Å². The van der Waals surface area contributed by atoms with Crippen molar-refractivity contribution in [3.8, 4) is 0 Å². The highest BCUT2D eigenvalue weighted by Crippen LogP contribution is 2.22. The summed E-state index contributed by atoms with van der Waals surface area (Å²) in [7, 11) is -3.56. The number of nitrogen functional groups attached to an aromatic ring is 1. The SMILES string of the molecule is Cc1cccc(N)c1S(=O)(=O)NCCSc1ccccc1. The van der Waals surface area contributed by atoms with E-state index in [1.165, 1.54) is 0 Å². The Labute approximate surface area is 129 Å². The Hall–Kier alpha value is -1.50. The highest BCUT2D eigenvalue weighted by Gasteiger charge is 2.19. The first kappa shape index (κ1) is 15.9. The van der Waals surface area contributed by atoms with E-state index >= 15 is 0 Å². The summed E-state index contributed by atoms with van der Waals surface area (Å²) in [6, 6.07) is 14.9. The minimum atomic E-state index is -3.56. The smallest absolute Gasteiger partial charge is 0.242 e. The maximum absolute atomic E-state index is 12.3. The van der Waals surface area contributed by atoms with Gasteiger partial charge in [0.05, 0.1) is 5.69 Å². The Balaban J connectivity index is 1.96. The largest absolute Gasteiger partial charge is 0.398 e. The molecule has 0 fully saturated rings. The van der Waals surface area contributed by atoms with E-state index in [0.29, 0.717) is 17.9 Å². The lowest BCUT2D eigenvalue weighted by atomic mass is 10.2. The standard InChI is InChI=1S/C15H18N2O2S2/c1-12-6-5-9-14(16)15(12)21(18,19)17-10-11-20-13-7-3-2-4-8-13/h2-9,17H,10-11,16H2,1H3. The second kappa shape index (κ2) is 6.98. The van der Waals surface area contributed by atoms with Gasteiger partial charge in [-0.05, 0) is 30.7 Å². The summed E-state index contributed by atoms with van der Waals surface area (Å²) in [5.41, 5.74) is 6.71. The molecule has 21 heavy (non-hydrogen) atoms. The number of hydrogen-bond donors (Lipinski definition) is 2. The lowest BCUT2D eigenvalue weighted by Crippen LogP contribution is -2.27. The summed E-state index contributed by atoms with van der Waals surface area (Å²) in [5.74, 6) is 0.662. The molecule has 3 N–H and O–H groups in total. The molecule has 0 saturated carbocycles. The van der Waals surface area contributed by atoms with Crippen molar-refractivity contribution in [2.45, 2.75) is 16.7 Å². The summed E-state index contributed by atoms with van der Waals surface area (Å²) in [6.07, 6.45) is 0. The minimum Gasteiger partial charge on any atom is -0.398 e. The molecule has 0 saturated heterocycles. The zero-order chi connectivity index (χ0) is 15.3. The van der Waals surface area contributed by atoms with Crippen LogP contribution in [0.4, 0.5) is 5.69 Å². The maximum atomic E-state index is 12.3. The van der Waals surface area contributed by atoms with Crippen LogP contribution in [-0.2, 0) is 10.0 Å². The first-order valence-electron chi connectivity index (χ1n) is 6.53. The Kier molecular flexibility index (Phi) is 5.27. The van der Waals surface area contributed by atoms with Gasteiger partial charge in [-0.15, -0.1) is 11.8 Å². The highest BCUT2D eigenvalue weighted by atomic mass is 32.2. The van der Waals surface area contributed by atoms with Gasteiger partial charge >= 0.3 is 0 Å². The van der Waals surface area contributed by atoms with E-state index in [4.69, 9.17) is 5.73 Å². The van der Waals surface area contributed by atoms with Gasteiger partial charge in [0.15, 0.2) is 0 Å². The molecule has 2 aromatic carbocycles. The first-order chi connectivity index (χ1) is 10.0. The van der Waals surface area contributed by atoms with Crippen LogP contribution >= 0.6 is 11.8 Å². The molecule has 2 rings (SSSR count). The number of aryl methyl sites for hydroxylation is 1. The summed E-state index contributed by atoms with van der Waals surface area (Å²) < 4.78 is 27.2. The summed E-state index contributed by atoms with van der Waals surface area (Å²) in [6.45, 7) is 2.10. The van der Waals surface area contributed by atoms with Gasteiger partial charge in [-0.3, -0.25) is 0 Å². The molecular weight excluding hydrogens is 304 g/mol. The van der Waals surface area contributed by atoms with Crippen LogP contribution in [0.3, 0.4) is 0 Å². The second-order valence-electron chi connectivity index (χ2n) is 4.55. The van der Waals surface area contributed by atoms with Crippen LogP contribution in [0.5, 0.6) is 0 Å². The fourth-order valence-corrected chi connectivity index (χ4v) is 4.28. The van der Waals surface area contributed by atoms with Crippen LogP contribution in [0.25, 0.3) is 0 Å². The van der Waals surface area contributed by atoms with E-state index in [-0.39, 0.29) is 10.6 Å². The van der Waals surface area contributed by atoms with Gasteiger partial charge in [0, 0.05) is 17.2 Å². The van der Waals surface area contributed by atoms with E-state index in [0.717, 1.165) is 4.90 Å².